The van der Waals surface area contributed by atoms with Gasteiger partial charge in [-0.1, -0.05) is 39.8 Å². The summed E-state index contributed by atoms with van der Waals surface area (Å²) in [6.07, 6.45) is -1.85. The molecule has 1 spiro atoms. The van der Waals surface area contributed by atoms with E-state index in [1.165, 1.54) is 49.1 Å². The molecule has 184 valence electrons. The summed E-state index contributed by atoms with van der Waals surface area (Å²) in [5.41, 5.74) is -1.44. The van der Waals surface area contributed by atoms with Crippen LogP contribution in [0.4, 0.5) is 0 Å². The molecule has 34 heavy (non-hydrogen) atoms. The van der Waals surface area contributed by atoms with Crippen LogP contribution in [0.2, 0.25) is 0 Å². The first-order chi connectivity index (χ1) is 16.1. The van der Waals surface area contributed by atoms with E-state index in [2.05, 4.69) is 0 Å². The van der Waals surface area contributed by atoms with E-state index < -0.39 is 51.9 Å². The molecule has 6 rings (SSSR count). The summed E-state index contributed by atoms with van der Waals surface area (Å²) in [6.45, 7) is 0. The van der Waals surface area contributed by atoms with Crippen LogP contribution < -0.4 is 9.47 Å². The highest BCUT2D eigenvalue weighted by Gasteiger charge is 2.69. The van der Waals surface area contributed by atoms with Crippen molar-refractivity contribution in [1.82, 2.24) is 9.96 Å². The summed E-state index contributed by atoms with van der Waals surface area (Å²) in [7, 11) is 6.55. The minimum Gasteiger partial charge on any atom is -0.504 e. The van der Waals surface area contributed by atoms with Crippen molar-refractivity contribution < 1.29 is 44.3 Å². The molecular weight excluding hydrogens is 488 g/mol. The van der Waals surface area contributed by atoms with E-state index in [9.17, 15) is 30.0 Å². The molecule has 0 radical (unpaired) electrons. The van der Waals surface area contributed by atoms with Crippen LogP contribution in [0.5, 0.6) is 17.2 Å². The number of hydrogen-bond donors (Lipinski definition) is 4. The van der Waals surface area contributed by atoms with E-state index in [0.717, 1.165) is 15.9 Å². The molecule has 2 bridgehead atoms. The van der Waals surface area contributed by atoms with Crippen molar-refractivity contribution >= 4 is 33.4 Å². The lowest BCUT2D eigenvalue weighted by Crippen LogP contribution is -2.76. The van der Waals surface area contributed by atoms with Gasteiger partial charge >= 0.3 is 0 Å². The predicted molar refractivity (Wildman–Crippen MR) is 121 cm³/mol. The van der Waals surface area contributed by atoms with Crippen molar-refractivity contribution in [1.29, 1.82) is 0 Å². The second-order valence-corrected chi connectivity index (χ2v) is 11.3. The molecular formula is C21H24N2O9S2. The lowest BCUT2D eigenvalue weighted by molar-refractivity contribution is -0.318. The second kappa shape index (κ2) is 7.93. The maximum absolute atomic E-state index is 13.7. The zero-order chi connectivity index (χ0) is 24.6. The van der Waals surface area contributed by atoms with E-state index in [1.807, 2.05) is 0 Å². The highest BCUT2D eigenvalue weighted by Crippen LogP contribution is 2.62. The molecule has 4 aliphatic heterocycles. The molecule has 7 atom stereocenters. The smallest absolute Gasteiger partial charge is 0.272 e. The number of nitrogens with zero attached hydrogens (tertiary/aromatic N) is 2. The van der Waals surface area contributed by atoms with E-state index in [-0.39, 0.29) is 17.9 Å². The average Bonchev–Trinajstić information content (AvgIpc) is 2.99. The Bertz CT molecular complexity index is 1090. The van der Waals surface area contributed by atoms with Crippen LogP contribution in [0, 0.1) is 0 Å². The molecule has 0 unspecified atom stereocenters. The summed E-state index contributed by atoms with van der Waals surface area (Å²) >= 11 is 0. The molecule has 0 aromatic heterocycles. The monoisotopic (exact) mass is 512 g/mol. The molecule has 4 fully saturated rings. The zero-order valence-electron chi connectivity index (χ0n) is 18.4. The number of amides is 2. The molecule has 1 aliphatic carbocycles. The van der Waals surface area contributed by atoms with Gasteiger partial charge in [-0.05, 0) is 6.07 Å². The lowest BCUT2D eigenvalue weighted by Gasteiger charge is -2.56. The number of likely N-dealkylation sites (N-methyl/N-ethyl adjacent to an activating group) is 1. The average molecular weight is 513 g/mol. The molecule has 2 amide bonds. The summed E-state index contributed by atoms with van der Waals surface area (Å²) in [4.78, 5) is 32.8. The van der Waals surface area contributed by atoms with Crippen molar-refractivity contribution in [2.75, 3.05) is 21.3 Å². The van der Waals surface area contributed by atoms with Crippen LogP contribution in [0.25, 0.3) is 0 Å². The quantitative estimate of drug-likeness (QED) is 0.319. The van der Waals surface area contributed by atoms with Gasteiger partial charge in [0.05, 0.1) is 19.5 Å². The molecule has 1 aromatic carbocycles. The Labute approximate surface area is 202 Å². The van der Waals surface area contributed by atoms with Crippen molar-refractivity contribution in [2.45, 2.75) is 46.5 Å². The van der Waals surface area contributed by atoms with Crippen molar-refractivity contribution in [3.05, 3.63) is 29.8 Å². The first-order valence-electron chi connectivity index (χ1n) is 10.4. The number of hydrogen-bond acceptors (Lipinski definition) is 11. The summed E-state index contributed by atoms with van der Waals surface area (Å²) < 4.78 is 10.5. The molecule has 5 aliphatic rings. The number of carbonyl (C=O) groups excluding carboxylic acids is 2. The number of fused-ring (bicyclic) bond motifs is 4. The SMILES string of the molecule is COc1ccc([C@@H]2SS[C@@]34C[C@]5(O)C=C[C@H](O)[C@@H](O)[C@@H]5ON3C(=O)[C@@H]2N(C)C4=O)c(O)c1OC. The number of benzene rings is 1. The fraction of sp³-hybridized carbons (Fsp3) is 0.524. The Kier molecular flexibility index (Phi) is 5.50. The minimum atomic E-state index is -1.79. The van der Waals surface area contributed by atoms with Crippen LogP contribution in [0.15, 0.2) is 24.3 Å². The molecule has 11 nitrogen and oxygen atoms in total. The topological polar surface area (TPSA) is 149 Å². The molecule has 1 aromatic rings. The van der Waals surface area contributed by atoms with E-state index in [4.69, 9.17) is 14.3 Å². The van der Waals surface area contributed by atoms with Gasteiger partial charge in [0.15, 0.2) is 11.5 Å². The number of ether oxygens (including phenoxy) is 2. The van der Waals surface area contributed by atoms with Gasteiger partial charge < -0.3 is 34.8 Å². The third kappa shape index (κ3) is 3.01. The number of phenolic OH excluding ortho intramolecular Hbond substituents is 1. The third-order valence-corrected chi connectivity index (χ3v) is 10.1. The van der Waals surface area contributed by atoms with Crippen molar-refractivity contribution in [2.24, 2.45) is 0 Å². The Morgan fingerprint density at radius 2 is 1.94 bits per heavy atom. The lowest BCUT2D eigenvalue weighted by atomic mass is 9.77. The summed E-state index contributed by atoms with van der Waals surface area (Å²) in [5.74, 6) is -0.847. The van der Waals surface area contributed by atoms with Gasteiger partial charge in [0.2, 0.25) is 10.6 Å². The Morgan fingerprint density at radius 3 is 2.62 bits per heavy atom. The summed E-state index contributed by atoms with van der Waals surface area (Å²) in [5, 5.41) is 42.9. The number of hydroxylamine groups is 2. The highest BCUT2D eigenvalue weighted by atomic mass is 33.1. The molecule has 4 saturated heterocycles. The molecule has 4 N–H and O–H groups in total. The maximum Gasteiger partial charge on any atom is 0.272 e. The van der Waals surface area contributed by atoms with Crippen LogP contribution in [0.3, 0.4) is 0 Å². The maximum atomic E-state index is 13.7. The third-order valence-electron chi connectivity index (χ3n) is 6.76. The Hall–Kier alpha value is -2.16. The minimum absolute atomic E-state index is 0.0977. The molecule has 4 heterocycles. The van der Waals surface area contributed by atoms with Crippen LogP contribution in [0.1, 0.15) is 17.2 Å². The van der Waals surface area contributed by atoms with Crippen LogP contribution >= 0.6 is 21.6 Å². The Morgan fingerprint density at radius 1 is 1.21 bits per heavy atom. The normalized spacial score (nSPS) is 38.9. The van der Waals surface area contributed by atoms with E-state index in [1.54, 1.807) is 12.1 Å². The number of aliphatic hydroxyl groups excluding tert-OH is 2. The largest absolute Gasteiger partial charge is 0.504 e. The van der Waals surface area contributed by atoms with Gasteiger partial charge in [0.25, 0.3) is 11.8 Å². The number of aliphatic hydroxyl groups is 3. The second-order valence-electron chi connectivity index (χ2n) is 8.65. The van der Waals surface area contributed by atoms with Gasteiger partial charge in [-0.15, -0.1) is 0 Å². The number of carbonyl (C=O) groups is 2. The van der Waals surface area contributed by atoms with Crippen LogP contribution in [-0.2, 0) is 14.4 Å². The predicted octanol–water partition coefficient (Wildman–Crippen LogP) is -0.0624. The Balaban J connectivity index is 1.61. The number of rotatable bonds is 3. The van der Waals surface area contributed by atoms with Gasteiger partial charge in [-0.3, -0.25) is 14.4 Å². The zero-order valence-corrected chi connectivity index (χ0v) is 20.1. The van der Waals surface area contributed by atoms with Crippen LogP contribution in [-0.4, -0.2) is 98.3 Å². The fourth-order valence-corrected chi connectivity index (χ4v) is 8.67. The van der Waals surface area contributed by atoms with Gasteiger partial charge in [0, 0.05) is 19.0 Å². The number of methoxy groups -OCH3 is 2. The van der Waals surface area contributed by atoms with Gasteiger partial charge in [-0.2, -0.15) is 5.06 Å². The van der Waals surface area contributed by atoms with Crippen molar-refractivity contribution in [3.63, 3.8) is 0 Å². The first-order valence-corrected chi connectivity index (χ1v) is 12.6. The van der Waals surface area contributed by atoms with E-state index >= 15 is 0 Å². The standard InChI is InChI=1S/C21H24N2O9S2/c1-22-12-16(9-4-5-11(30-2)15(31-3)13(9)25)33-34-21(19(22)28)8-20(29)7-6-10(24)14(26)17(20)32-23(21)18(12)27/h4-7,10,12,14,16-17,24-26,29H,8H2,1-3H3/t10-,12+,14+,16-,17-,20+,21+/m0/s1. The van der Waals surface area contributed by atoms with Crippen molar-refractivity contribution in [3.8, 4) is 17.2 Å². The van der Waals surface area contributed by atoms with Gasteiger partial charge in [0.1, 0.15) is 30.0 Å². The van der Waals surface area contributed by atoms with Gasteiger partial charge in [-0.25, -0.2) is 0 Å². The number of aromatic hydroxyl groups is 1. The van der Waals surface area contributed by atoms with E-state index in [0.29, 0.717) is 11.3 Å². The molecule has 0 saturated carbocycles. The molecule has 13 heteroatoms. The summed E-state index contributed by atoms with van der Waals surface area (Å²) in [6, 6.07) is 2.15. The number of piperazine rings is 1. The fourth-order valence-electron chi connectivity index (χ4n) is 4.99. The number of phenols is 1. The first kappa shape index (κ1) is 23.6. The highest BCUT2D eigenvalue weighted by molar-refractivity contribution is 8.77.